The summed E-state index contributed by atoms with van der Waals surface area (Å²) < 4.78 is 17.7. The first kappa shape index (κ1) is 60.6. The Bertz CT molecular complexity index is 1370. The van der Waals surface area contributed by atoms with Crippen molar-refractivity contribution in [3.05, 3.63) is 20.4 Å². The number of esters is 2. The Kier molecular flexibility index (Phi) is 36.9. The number of ether oxygens (including phenoxy) is 3. The number of nitrogens with one attached hydrogen (secondary N) is 1. The Hall–Kier alpha value is -2.42. The van der Waals surface area contributed by atoms with Gasteiger partial charge in [-0.2, -0.15) is 0 Å². The van der Waals surface area contributed by atoms with Gasteiger partial charge in [0.1, 0.15) is 23.5 Å². The van der Waals surface area contributed by atoms with Crippen LogP contribution in [0.25, 0.3) is 0 Å². The Morgan fingerprint density at radius 2 is 0.938 bits per heavy atom. The molecule has 0 heterocycles. The molecule has 0 aliphatic carbocycles. The summed E-state index contributed by atoms with van der Waals surface area (Å²) in [5.74, 6) is 0.708. The van der Waals surface area contributed by atoms with Gasteiger partial charge in [-0.15, -0.1) is 0 Å². The molecule has 0 bridgehead atoms. The average Bonchev–Trinajstić information content (AvgIpc) is 3.27. The molecule has 0 amide bonds. The normalized spacial score (nSPS) is 13.3. The van der Waals surface area contributed by atoms with E-state index in [1.807, 2.05) is 20.8 Å². The molecule has 0 aliphatic rings. The Labute approximate surface area is 400 Å². The van der Waals surface area contributed by atoms with E-state index in [4.69, 9.17) is 14.2 Å². The molecule has 380 valence electrons. The van der Waals surface area contributed by atoms with Crippen molar-refractivity contribution in [1.82, 2.24) is 4.90 Å². The van der Waals surface area contributed by atoms with Gasteiger partial charge in [0.2, 0.25) is 0 Å². The maximum Gasteiger partial charge on any atom is 0.306 e. The van der Waals surface area contributed by atoms with Crippen LogP contribution in [0.4, 0.5) is 5.69 Å². The molecule has 9 nitrogen and oxygen atoms in total. The highest BCUT2D eigenvalue weighted by Crippen LogP contribution is 2.24. The third-order valence-corrected chi connectivity index (χ3v) is 13.0. The van der Waals surface area contributed by atoms with Crippen molar-refractivity contribution in [1.29, 1.82) is 0 Å². The fourth-order valence-electron chi connectivity index (χ4n) is 8.91. The van der Waals surface area contributed by atoms with E-state index in [2.05, 4.69) is 44.8 Å². The molecule has 2 unspecified atom stereocenters. The Balaban J connectivity index is 2.53. The highest BCUT2D eigenvalue weighted by Gasteiger charge is 2.26. The van der Waals surface area contributed by atoms with Gasteiger partial charge in [-0.25, -0.2) is 0 Å². The molecule has 65 heavy (non-hydrogen) atoms. The molecule has 1 aromatic carbocycles. The summed E-state index contributed by atoms with van der Waals surface area (Å²) in [7, 11) is 0. The van der Waals surface area contributed by atoms with Gasteiger partial charge in [0.25, 0.3) is 10.9 Å². The molecule has 0 saturated heterocycles. The molecule has 9 heteroatoms. The van der Waals surface area contributed by atoms with Gasteiger partial charge < -0.3 is 24.4 Å². The number of unbranched alkanes of at least 4 members (excludes halogenated alkanes) is 21. The van der Waals surface area contributed by atoms with Crippen LogP contribution < -0.4 is 20.9 Å². The first-order chi connectivity index (χ1) is 31.3. The SMILES string of the molecule is CCCCCCCCC(CC)OC(=O)CCCCCCCN(CCCCCCCC(=O)OC(CCCCCCCC)C[C@H](C)CCCCCC)CCCNc1c(OC(C)(C)C)c(=O)c1=O. The summed E-state index contributed by atoms with van der Waals surface area (Å²) in [6, 6.07) is 0. The monoisotopic (exact) mass is 917 g/mol. The van der Waals surface area contributed by atoms with Gasteiger partial charge in [-0.05, 0) is 117 Å². The maximum absolute atomic E-state index is 13.0. The molecule has 1 aromatic rings. The number of carbonyl (C=O) groups excluding carboxylic acids is 2. The molecule has 0 aromatic heterocycles. The van der Waals surface area contributed by atoms with Crippen molar-refractivity contribution in [3.8, 4) is 5.75 Å². The summed E-state index contributed by atoms with van der Waals surface area (Å²) in [6.45, 7) is 20.4. The molecule has 0 fully saturated rings. The third kappa shape index (κ3) is 32.8. The zero-order valence-electron chi connectivity index (χ0n) is 43.9. The van der Waals surface area contributed by atoms with Crippen LogP contribution in [0.3, 0.4) is 0 Å². The minimum atomic E-state index is -0.547. The molecule has 0 saturated carbocycles. The maximum atomic E-state index is 13.0. The van der Waals surface area contributed by atoms with Crippen molar-refractivity contribution in [3.63, 3.8) is 0 Å². The van der Waals surface area contributed by atoms with Gasteiger partial charge in [0.05, 0.1) is 0 Å². The second-order valence-corrected chi connectivity index (χ2v) is 20.7. The lowest BCUT2D eigenvalue weighted by Gasteiger charge is -2.25. The summed E-state index contributed by atoms with van der Waals surface area (Å²) >= 11 is 0. The van der Waals surface area contributed by atoms with E-state index in [-0.39, 0.29) is 29.9 Å². The predicted octanol–water partition coefficient (Wildman–Crippen LogP) is 15.0. The highest BCUT2D eigenvalue weighted by atomic mass is 16.5. The lowest BCUT2D eigenvalue weighted by Crippen LogP contribution is -2.40. The number of rotatable bonds is 46. The average molecular weight is 917 g/mol. The van der Waals surface area contributed by atoms with Crippen molar-refractivity contribution in [2.45, 2.75) is 292 Å². The number of anilines is 1. The number of hydrogen-bond donors (Lipinski definition) is 1. The summed E-state index contributed by atoms with van der Waals surface area (Å²) in [6.07, 6.45) is 37.9. The van der Waals surface area contributed by atoms with Crippen LogP contribution in [0.2, 0.25) is 0 Å². The van der Waals surface area contributed by atoms with Crippen LogP contribution in [0.15, 0.2) is 9.59 Å². The Morgan fingerprint density at radius 3 is 1.45 bits per heavy atom. The van der Waals surface area contributed by atoms with E-state index in [0.717, 1.165) is 129 Å². The minimum absolute atomic E-state index is 0.0105. The van der Waals surface area contributed by atoms with Crippen molar-refractivity contribution in [2.75, 3.05) is 31.5 Å². The number of hydrogen-bond acceptors (Lipinski definition) is 9. The molecule has 1 rings (SSSR count). The first-order valence-electron chi connectivity index (χ1n) is 27.7. The van der Waals surface area contributed by atoms with Crippen LogP contribution in [0, 0.1) is 5.92 Å². The summed E-state index contributed by atoms with van der Waals surface area (Å²) in [5, 5.41) is 3.19. The van der Waals surface area contributed by atoms with E-state index >= 15 is 0 Å². The molecular weight excluding hydrogens is 813 g/mol. The topological polar surface area (TPSA) is 111 Å². The van der Waals surface area contributed by atoms with E-state index in [9.17, 15) is 19.2 Å². The number of nitrogens with zero attached hydrogens (tertiary/aromatic N) is 1. The van der Waals surface area contributed by atoms with Crippen molar-refractivity contribution >= 4 is 17.6 Å². The third-order valence-electron chi connectivity index (χ3n) is 13.0. The van der Waals surface area contributed by atoms with E-state index < -0.39 is 16.5 Å². The molecule has 1 N–H and O–H groups in total. The second-order valence-electron chi connectivity index (χ2n) is 20.7. The van der Waals surface area contributed by atoms with Gasteiger partial charge in [0, 0.05) is 19.4 Å². The van der Waals surface area contributed by atoms with Crippen LogP contribution in [-0.4, -0.2) is 60.8 Å². The minimum Gasteiger partial charge on any atom is -0.482 e. The molecule has 3 atom stereocenters. The standard InChI is InChI=1S/C56H104N2O7/c1-9-13-16-19-23-30-38-48(12-4)63-50(59)40-32-25-21-27-34-43-58(45-36-42-57-52-53(61)54(62)55(52)65-56(6,7)8)44-35-28-22-26-33-41-51(60)64-49(39-31-24-20-17-14-10-2)46-47(5)37-29-18-15-11-3/h47-49,57H,9-46H2,1-8H3/t47-,48?,49?/m1/s1. The molecule has 0 spiro atoms. The largest absolute Gasteiger partial charge is 0.482 e. The summed E-state index contributed by atoms with van der Waals surface area (Å²) in [5.41, 5.74) is -1.27. The summed E-state index contributed by atoms with van der Waals surface area (Å²) in [4.78, 5) is 52.6. The van der Waals surface area contributed by atoms with Gasteiger partial charge in [-0.3, -0.25) is 19.2 Å². The van der Waals surface area contributed by atoms with Crippen LogP contribution in [0.1, 0.15) is 274 Å². The van der Waals surface area contributed by atoms with E-state index in [1.165, 1.54) is 96.3 Å². The van der Waals surface area contributed by atoms with Crippen molar-refractivity contribution < 1.29 is 23.8 Å². The fraction of sp³-hybridized carbons (Fsp3) is 0.893. The van der Waals surface area contributed by atoms with Crippen LogP contribution >= 0.6 is 0 Å². The zero-order chi connectivity index (χ0) is 48.0. The second kappa shape index (κ2) is 39.6. The quantitative estimate of drug-likeness (QED) is 0.0388. The van der Waals surface area contributed by atoms with Crippen LogP contribution in [-0.2, 0) is 19.1 Å². The predicted molar refractivity (Wildman–Crippen MR) is 275 cm³/mol. The smallest absolute Gasteiger partial charge is 0.306 e. The van der Waals surface area contributed by atoms with Crippen molar-refractivity contribution in [2.24, 2.45) is 5.92 Å². The molecular formula is C56H104N2O7. The molecule has 0 radical (unpaired) electrons. The lowest BCUT2D eigenvalue weighted by atomic mass is 9.94. The number of carbonyl (C=O) groups is 2. The van der Waals surface area contributed by atoms with Gasteiger partial charge in [-0.1, -0.05) is 169 Å². The molecule has 0 aliphatic heterocycles. The first-order valence-corrected chi connectivity index (χ1v) is 27.7. The van der Waals surface area contributed by atoms with Gasteiger partial charge in [0.15, 0.2) is 5.75 Å². The zero-order valence-corrected chi connectivity index (χ0v) is 43.9. The van der Waals surface area contributed by atoms with E-state index in [1.54, 1.807) is 0 Å². The van der Waals surface area contributed by atoms with Gasteiger partial charge >= 0.3 is 11.9 Å². The van der Waals surface area contributed by atoms with E-state index in [0.29, 0.717) is 31.0 Å². The lowest BCUT2D eigenvalue weighted by molar-refractivity contribution is -0.151. The fourth-order valence-corrected chi connectivity index (χ4v) is 8.91. The highest BCUT2D eigenvalue weighted by molar-refractivity contribution is 5.69. The Morgan fingerprint density at radius 1 is 0.523 bits per heavy atom. The van der Waals surface area contributed by atoms with Crippen LogP contribution in [0.5, 0.6) is 5.75 Å².